The van der Waals surface area contributed by atoms with Gasteiger partial charge in [-0.15, -0.1) is 0 Å². The van der Waals surface area contributed by atoms with Gasteiger partial charge in [0.15, 0.2) is 6.23 Å². The molecule has 0 aromatic heterocycles. The lowest BCUT2D eigenvalue weighted by molar-refractivity contribution is 0.0552. The summed E-state index contributed by atoms with van der Waals surface area (Å²) < 4.78 is 6.53. The first-order valence-corrected chi connectivity index (χ1v) is 7.31. The molecule has 1 N–H and O–H groups in total. The van der Waals surface area contributed by atoms with Gasteiger partial charge in [-0.3, -0.25) is 4.79 Å². The molecule has 1 heterocycles. The maximum atomic E-state index is 12.6. The molecule has 0 unspecified atom stereocenters. The number of hydrogen-bond donors (Lipinski definition) is 1. The van der Waals surface area contributed by atoms with Crippen LogP contribution in [0.4, 0.5) is 5.69 Å². The van der Waals surface area contributed by atoms with E-state index in [1.165, 1.54) is 0 Å². The highest BCUT2D eigenvalue weighted by Gasteiger charge is 2.28. The summed E-state index contributed by atoms with van der Waals surface area (Å²) >= 11 is 3.48. The van der Waals surface area contributed by atoms with Crippen LogP contribution in [0.3, 0.4) is 0 Å². The fourth-order valence-electron chi connectivity index (χ4n) is 2.43. The number of fused-ring (bicyclic) bond motifs is 3. The van der Waals surface area contributed by atoms with Gasteiger partial charge in [-0.25, -0.2) is 0 Å². The highest BCUT2D eigenvalue weighted by atomic mass is 79.9. The van der Waals surface area contributed by atoms with E-state index in [0.29, 0.717) is 12.2 Å². The summed E-state index contributed by atoms with van der Waals surface area (Å²) in [5.74, 6) is -0.0326. The van der Waals surface area contributed by atoms with Crippen molar-refractivity contribution in [3.05, 3.63) is 52.5 Å². The van der Waals surface area contributed by atoms with Crippen molar-refractivity contribution >= 4 is 27.4 Å². The minimum absolute atomic E-state index is 0.0326. The van der Waals surface area contributed by atoms with Crippen molar-refractivity contribution in [3.8, 4) is 11.1 Å². The molecule has 0 saturated heterocycles. The molecule has 0 saturated carbocycles. The Bertz CT molecular complexity index is 669. The number of ether oxygens (including phenoxy) is 1. The van der Waals surface area contributed by atoms with E-state index >= 15 is 0 Å². The first-order chi connectivity index (χ1) is 9.70. The van der Waals surface area contributed by atoms with Crippen LogP contribution in [0.25, 0.3) is 11.1 Å². The van der Waals surface area contributed by atoms with Gasteiger partial charge in [-0.05, 0) is 30.7 Å². The van der Waals surface area contributed by atoms with Crippen LogP contribution in [-0.2, 0) is 4.74 Å². The standard InChI is InChI=1S/C16H14BrNO2/c1-2-20-16-15(19)12-6-4-3-5-11(12)13-9-10(17)7-8-14(13)18-16/h3-9,16,18H,2H2,1H3/t16-/m0/s1. The predicted octanol–water partition coefficient (Wildman–Crippen LogP) is 4.09. The molecule has 0 fully saturated rings. The van der Waals surface area contributed by atoms with E-state index < -0.39 is 6.23 Å². The van der Waals surface area contributed by atoms with Crippen LogP contribution in [0, 0.1) is 0 Å². The Kier molecular flexibility index (Phi) is 3.59. The Labute approximate surface area is 126 Å². The second kappa shape index (κ2) is 5.38. The van der Waals surface area contributed by atoms with Crippen molar-refractivity contribution in [1.29, 1.82) is 0 Å². The smallest absolute Gasteiger partial charge is 0.212 e. The van der Waals surface area contributed by atoms with Gasteiger partial charge < -0.3 is 10.1 Å². The number of Topliss-reactive ketones (excluding diaryl/α,β-unsaturated/α-hetero) is 1. The van der Waals surface area contributed by atoms with Gasteiger partial charge in [0.2, 0.25) is 5.78 Å². The first-order valence-electron chi connectivity index (χ1n) is 6.52. The minimum Gasteiger partial charge on any atom is -0.353 e. The number of rotatable bonds is 2. The summed E-state index contributed by atoms with van der Waals surface area (Å²) in [7, 11) is 0. The number of hydrogen-bond acceptors (Lipinski definition) is 3. The molecule has 1 aliphatic heterocycles. The molecule has 3 nitrogen and oxygen atoms in total. The molecule has 20 heavy (non-hydrogen) atoms. The molecule has 0 radical (unpaired) electrons. The summed E-state index contributed by atoms with van der Waals surface area (Å²) in [6.07, 6.45) is -0.636. The third-order valence-electron chi connectivity index (χ3n) is 3.32. The zero-order valence-corrected chi connectivity index (χ0v) is 12.6. The Balaban J connectivity index is 2.23. The zero-order chi connectivity index (χ0) is 14.1. The van der Waals surface area contributed by atoms with Crippen molar-refractivity contribution in [1.82, 2.24) is 0 Å². The first kappa shape index (κ1) is 13.3. The third kappa shape index (κ3) is 2.25. The third-order valence-corrected chi connectivity index (χ3v) is 3.82. The molecule has 0 bridgehead atoms. The Hall–Kier alpha value is -1.65. The average molecular weight is 332 g/mol. The highest BCUT2D eigenvalue weighted by molar-refractivity contribution is 9.10. The van der Waals surface area contributed by atoms with Gasteiger partial charge in [-0.1, -0.05) is 40.2 Å². The van der Waals surface area contributed by atoms with Crippen LogP contribution in [0.1, 0.15) is 17.3 Å². The van der Waals surface area contributed by atoms with E-state index in [1.807, 2.05) is 49.4 Å². The fraction of sp³-hybridized carbons (Fsp3) is 0.188. The van der Waals surface area contributed by atoms with Crippen LogP contribution in [0.15, 0.2) is 46.9 Å². The number of nitrogens with one attached hydrogen (secondary N) is 1. The van der Waals surface area contributed by atoms with Crippen molar-refractivity contribution in [2.75, 3.05) is 11.9 Å². The molecule has 1 aliphatic rings. The van der Waals surface area contributed by atoms with Crippen molar-refractivity contribution in [2.24, 2.45) is 0 Å². The van der Waals surface area contributed by atoms with Gasteiger partial charge in [0.1, 0.15) is 0 Å². The van der Waals surface area contributed by atoms with E-state index in [9.17, 15) is 4.79 Å². The average Bonchev–Trinajstić information content (AvgIpc) is 2.57. The van der Waals surface area contributed by atoms with Gasteiger partial charge in [-0.2, -0.15) is 0 Å². The summed E-state index contributed by atoms with van der Waals surface area (Å²) in [4.78, 5) is 12.6. The van der Waals surface area contributed by atoms with Gasteiger partial charge in [0.25, 0.3) is 0 Å². The highest BCUT2D eigenvalue weighted by Crippen LogP contribution is 2.36. The van der Waals surface area contributed by atoms with Crippen LogP contribution >= 0.6 is 15.9 Å². The van der Waals surface area contributed by atoms with Crippen LogP contribution in [0.5, 0.6) is 0 Å². The fourth-order valence-corrected chi connectivity index (χ4v) is 2.79. The van der Waals surface area contributed by atoms with E-state index in [0.717, 1.165) is 21.3 Å². The number of anilines is 1. The second-order valence-electron chi connectivity index (χ2n) is 4.58. The Morgan fingerprint density at radius 2 is 1.90 bits per heavy atom. The molecule has 0 spiro atoms. The molecule has 3 rings (SSSR count). The lowest BCUT2D eigenvalue weighted by atomic mass is 9.97. The quantitative estimate of drug-likeness (QED) is 0.900. The monoisotopic (exact) mass is 331 g/mol. The van der Waals surface area contributed by atoms with Gasteiger partial charge >= 0.3 is 0 Å². The van der Waals surface area contributed by atoms with E-state index in [-0.39, 0.29) is 5.78 Å². The van der Waals surface area contributed by atoms with Crippen molar-refractivity contribution < 1.29 is 9.53 Å². The Morgan fingerprint density at radius 3 is 2.65 bits per heavy atom. The van der Waals surface area contributed by atoms with Crippen molar-refractivity contribution in [2.45, 2.75) is 13.2 Å². The van der Waals surface area contributed by atoms with E-state index in [1.54, 1.807) is 0 Å². The summed E-state index contributed by atoms with van der Waals surface area (Å²) in [5, 5.41) is 3.19. The number of benzene rings is 2. The second-order valence-corrected chi connectivity index (χ2v) is 5.50. The molecular weight excluding hydrogens is 318 g/mol. The minimum atomic E-state index is -0.636. The maximum Gasteiger partial charge on any atom is 0.212 e. The van der Waals surface area contributed by atoms with E-state index in [4.69, 9.17) is 4.74 Å². The summed E-state index contributed by atoms with van der Waals surface area (Å²) in [5.41, 5.74) is 3.54. The predicted molar refractivity (Wildman–Crippen MR) is 82.9 cm³/mol. The van der Waals surface area contributed by atoms with Crippen LogP contribution < -0.4 is 5.32 Å². The normalized spacial score (nSPS) is 16.9. The maximum absolute atomic E-state index is 12.6. The number of carbonyl (C=O) groups is 1. The molecule has 102 valence electrons. The van der Waals surface area contributed by atoms with Gasteiger partial charge in [0.05, 0.1) is 0 Å². The molecular formula is C16H14BrNO2. The molecule has 1 atom stereocenters. The summed E-state index contributed by atoms with van der Waals surface area (Å²) in [6, 6.07) is 13.6. The summed E-state index contributed by atoms with van der Waals surface area (Å²) in [6.45, 7) is 2.37. The lowest BCUT2D eigenvalue weighted by Gasteiger charge is -2.16. The number of ketones is 1. The lowest BCUT2D eigenvalue weighted by Crippen LogP contribution is -2.31. The Morgan fingerprint density at radius 1 is 1.15 bits per heavy atom. The largest absolute Gasteiger partial charge is 0.353 e. The van der Waals surface area contributed by atoms with Gasteiger partial charge in [0, 0.05) is 27.9 Å². The molecule has 4 heteroatoms. The molecule has 0 aliphatic carbocycles. The molecule has 2 aromatic rings. The number of halogens is 1. The SMILES string of the molecule is CCO[C@@H]1Nc2ccc(Br)cc2-c2ccccc2C1=O. The zero-order valence-electron chi connectivity index (χ0n) is 11.0. The topological polar surface area (TPSA) is 38.3 Å². The number of carbonyl (C=O) groups excluding carboxylic acids is 1. The van der Waals surface area contributed by atoms with Crippen molar-refractivity contribution in [3.63, 3.8) is 0 Å². The van der Waals surface area contributed by atoms with E-state index in [2.05, 4.69) is 21.2 Å². The molecule has 2 aromatic carbocycles. The van der Waals surface area contributed by atoms with Crippen LogP contribution in [0.2, 0.25) is 0 Å². The van der Waals surface area contributed by atoms with Crippen LogP contribution in [-0.4, -0.2) is 18.6 Å². The molecule has 0 amide bonds.